The topological polar surface area (TPSA) is 34.1 Å². The maximum atomic E-state index is 12.7. The fourth-order valence-corrected chi connectivity index (χ4v) is 4.07. The van der Waals surface area contributed by atoms with Crippen LogP contribution in [0.25, 0.3) is 0 Å². The number of carbonyl (C=O) groups excluding carboxylic acids is 2. The first-order chi connectivity index (χ1) is 8.87. The van der Waals surface area contributed by atoms with Gasteiger partial charge in [0.2, 0.25) is 0 Å². The van der Waals surface area contributed by atoms with Crippen molar-refractivity contribution in [3.63, 3.8) is 0 Å². The van der Waals surface area contributed by atoms with Crippen LogP contribution in [0, 0.1) is 22.7 Å². The lowest BCUT2D eigenvalue weighted by molar-refractivity contribution is -0.143. The molecule has 4 rings (SSSR count). The Balaban J connectivity index is 2.08. The van der Waals surface area contributed by atoms with Crippen molar-refractivity contribution in [2.45, 2.75) is 46.5 Å². The van der Waals surface area contributed by atoms with Crippen LogP contribution in [0.3, 0.4) is 0 Å². The molecule has 0 saturated heterocycles. The number of hydrogen-bond acceptors (Lipinski definition) is 2. The Morgan fingerprint density at radius 2 is 2.00 bits per heavy atom. The summed E-state index contributed by atoms with van der Waals surface area (Å²) in [4.78, 5) is 25.3. The van der Waals surface area contributed by atoms with Crippen molar-refractivity contribution >= 4 is 11.6 Å². The van der Waals surface area contributed by atoms with Crippen molar-refractivity contribution < 1.29 is 9.59 Å². The Labute approximate surface area is 115 Å². The van der Waals surface area contributed by atoms with E-state index in [-0.39, 0.29) is 22.9 Å². The normalized spacial score (nSPS) is 40.5. The van der Waals surface area contributed by atoms with Gasteiger partial charge in [-0.1, -0.05) is 37.6 Å². The highest BCUT2D eigenvalue weighted by molar-refractivity contribution is 5.99. The van der Waals surface area contributed by atoms with Crippen LogP contribution in [0.1, 0.15) is 46.5 Å². The molecule has 19 heavy (non-hydrogen) atoms. The number of fused-ring (bicyclic) bond motifs is 2. The van der Waals surface area contributed by atoms with Gasteiger partial charge >= 0.3 is 0 Å². The molecule has 0 aliphatic heterocycles. The average molecular weight is 258 g/mol. The van der Waals surface area contributed by atoms with E-state index in [2.05, 4.69) is 19.1 Å². The van der Waals surface area contributed by atoms with Crippen LogP contribution in [0.2, 0.25) is 0 Å². The zero-order valence-electron chi connectivity index (χ0n) is 12.0. The van der Waals surface area contributed by atoms with Gasteiger partial charge in [-0.25, -0.2) is 0 Å². The van der Waals surface area contributed by atoms with Crippen molar-refractivity contribution in [2.24, 2.45) is 22.7 Å². The molecule has 2 heteroatoms. The van der Waals surface area contributed by atoms with Gasteiger partial charge in [0.05, 0.1) is 11.3 Å². The summed E-state index contributed by atoms with van der Waals surface area (Å²) in [5, 5.41) is 0. The molecule has 4 aliphatic carbocycles. The van der Waals surface area contributed by atoms with E-state index < -0.39 is 5.41 Å². The maximum Gasteiger partial charge on any atom is 0.146 e. The number of ketones is 2. The molecule has 0 heterocycles. The molecule has 3 atom stereocenters. The Bertz CT molecular complexity index is 509. The highest BCUT2D eigenvalue weighted by atomic mass is 16.1. The molecule has 0 radical (unpaired) electrons. The van der Waals surface area contributed by atoms with Crippen molar-refractivity contribution in [3.8, 4) is 0 Å². The minimum Gasteiger partial charge on any atom is -0.299 e. The molecule has 3 unspecified atom stereocenters. The molecule has 2 nitrogen and oxygen atoms in total. The lowest BCUT2D eigenvalue weighted by Crippen LogP contribution is -2.51. The molecule has 1 fully saturated rings. The van der Waals surface area contributed by atoms with Crippen molar-refractivity contribution in [1.29, 1.82) is 0 Å². The van der Waals surface area contributed by atoms with Gasteiger partial charge in [0.1, 0.15) is 11.6 Å². The molecule has 1 saturated carbocycles. The first kappa shape index (κ1) is 12.8. The van der Waals surface area contributed by atoms with E-state index in [0.29, 0.717) is 12.3 Å². The van der Waals surface area contributed by atoms with Gasteiger partial charge in [0.15, 0.2) is 0 Å². The first-order valence-corrected chi connectivity index (χ1v) is 7.30. The molecule has 0 amide bonds. The van der Waals surface area contributed by atoms with Crippen molar-refractivity contribution in [1.82, 2.24) is 0 Å². The van der Waals surface area contributed by atoms with E-state index in [0.717, 1.165) is 19.3 Å². The summed E-state index contributed by atoms with van der Waals surface area (Å²) in [6, 6.07) is 0. The van der Waals surface area contributed by atoms with Crippen LogP contribution in [0.5, 0.6) is 0 Å². The van der Waals surface area contributed by atoms with Gasteiger partial charge in [0, 0.05) is 11.8 Å². The van der Waals surface area contributed by atoms with Gasteiger partial charge in [-0.15, -0.1) is 0 Å². The van der Waals surface area contributed by atoms with Crippen LogP contribution >= 0.6 is 0 Å². The predicted molar refractivity (Wildman–Crippen MR) is 74.6 cm³/mol. The van der Waals surface area contributed by atoms with Gasteiger partial charge in [-0.05, 0) is 32.1 Å². The second-order valence-electron chi connectivity index (χ2n) is 7.15. The minimum absolute atomic E-state index is 0.236. The molecular weight excluding hydrogens is 236 g/mol. The molecular formula is C17H22O2. The zero-order chi connectivity index (χ0) is 13.8. The molecule has 102 valence electrons. The van der Waals surface area contributed by atoms with Crippen LogP contribution in [-0.4, -0.2) is 11.6 Å². The Hall–Kier alpha value is -1.18. The van der Waals surface area contributed by atoms with E-state index in [1.54, 1.807) is 0 Å². The second kappa shape index (κ2) is 3.91. The third kappa shape index (κ3) is 1.69. The van der Waals surface area contributed by atoms with Gasteiger partial charge in [-0.2, -0.15) is 0 Å². The molecule has 0 aromatic rings. The first-order valence-electron chi connectivity index (χ1n) is 7.30. The summed E-state index contributed by atoms with van der Waals surface area (Å²) >= 11 is 0. The lowest BCUT2D eigenvalue weighted by atomic mass is 9.53. The van der Waals surface area contributed by atoms with E-state index in [1.807, 2.05) is 19.9 Å². The maximum absolute atomic E-state index is 12.7. The predicted octanol–water partition coefficient (Wildman–Crippen LogP) is 3.47. The van der Waals surface area contributed by atoms with E-state index in [9.17, 15) is 9.59 Å². The molecule has 0 spiro atoms. The molecule has 0 N–H and O–H groups in total. The van der Waals surface area contributed by atoms with Crippen LogP contribution in [0.15, 0.2) is 23.8 Å². The van der Waals surface area contributed by atoms with Gasteiger partial charge in [0.25, 0.3) is 0 Å². The summed E-state index contributed by atoms with van der Waals surface area (Å²) in [6.07, 6.45) is 9.56. The minimum atomic E-state index is -0.524. The number of rotatable bonds is 1. The zero-order valence-corrected chi connectivity index (χ0v) is 12.0. The summed E-state index contributed by atoms with van der Waals surface area (Å²) in [6.45, 7) is 6.11. The number of allylic oxidation sites excluding steroid dienone is 4. The number of carbonyl (C=O) groups is 2. The SMILES string of the molecule is CC1=CC2(C3C=CCC(C)(C)C3=O)CCC1CC2=O. The van der Waals surface area contributed by atoms with E-state index >= 15 is 0 Å². The molecule has 0 aromatic heterocycles. The second-order valence-corrected chi connectivity index (χ2v) is 7.15. The van der Waals surface area contributed by atoms with Crippen LogP contribution in [-0.2, 0) is 9.59 Å². The lowest BCUT2D eigenvalue weighted by Gasteiger charge is -2.48. The summed E-state index contributed by atoms with van der Waals surface area (Å²) in [7, 11) is 0. The third-order valence-corrected chi connectivity index (χ3v) is 5.45. The summed E-state index contributed by atoms with van der Waals surface area (Å²) < 4.78 is 0. The average Bonchev–Trinajstić information content (AvgIpc) is 2.34. The van der Waals surface area contributed by atoms with Crippen LogP contribution in [0.4, 0.5) is 0 Å². The van der Waals surface area contributed by atoms with E-state index in [4.69, 9.17) is 0 Å². The Morgan fingerprint density at radius 3 is 2.63 bits per heavy atom. The summed E-state index contributed by atoms with van der Waals surface area (Å²) in [5.41, 5.74) is 0.463. The van der Waals surface area contributed by atoms with Crippen molar-refractivity contribution in [3.05, 3.63) is 23.8 Å². The van der Waals surface area contributed by atoms with E-state index in [1.165, 1.54) is 5.57 Å². The summed E-state index contributed by atoms with van der Waals surface area (Å²) in [5.74, 6) is 0.729. The highest BCUT2D eigenvalue weighted by Crippen LogP contribution is 2.53. The fraction of sp³-hybridized carbons (Fsp3) is 0.647. The number of hydrogen-bond donors (Lipinski definition) is 0. The fourth-order valence-electron chi connectivity index (χ4n) is 4.07. The quantitative estimate of drug-likeness (QED) is 0.675. The molecule has 4 aliphatic rings. The van der Waals surface area contributed by atoms with Crippen LogP contribution < -0.4 is 0 Å². The Morgan fingerprint density at radius 1 is 1.26 bits per heavy atom. The largest absolute Gasteiger partial charge is 0.299 e. The van der Waals surface area contributed by atoms with Gasteiger partial charge in [-0.3, -0.25) is 9.59 Å². The molecule has 2 bridgehead atoms. The Kier molecular flexibility index (Phi) is 2.64. The van der Waals surface area contributed by atoms with Gasteiger partial charge < -0.3 is 0 Å². The molecule has 0 aromatic carbocycles. The third-order valence-electron chi connectivity index (χ3n) is 5.45. The smallest absolute Gasteiger partial charge is 0.146 e. The standard InChI is InChI=1S/C17H22O2/c1-11-10-17(8-6-12(11)9-14(17)18)13-5-4-7-16(2,3)15(13)19/h4-5,10,12-13H,6-9H2,1-3H3. The highest BCUT2D eigenvalue weighted by Gasteiger charge is 2.54. The van der Waals surface area contributed by atoms with Crippen molar-refractivity contribution in [2.75, 3.05) is 0 Å². The number of Topliss-reactive ketones (excluding diaryl/α,β-unsaturated/α-hetero) is 2. The monoisotopic (exact) mass is 258 g/mol.